The summed E-state index contributed by atoms with van der Waals surface area (Å²) in [5.74, 6) is 0.934. The number of hydrogen-bond acceptors (Lipinski definition) is 4. The number of nitrogens with one attached hydrogen (secondary N) is 1. The number of para-hydroxylation sites is 3. The molecule has 0 aliphatic carbocycles. The maximum absolute atomic E-state index is 12.8. The predicted molar refractivity (Wildman–Crippen MR) is 109 cm³/mol. The molecule has 3 aromatic rings. The average molecular weight is 411 g/mol. The van der Waals surface area contributed by atoms with E-state index in [0.717, 1.165) is 0 Å². The zero-order valence-corrected chi connectivity index (χ0v) is 16.3. The van der Waals surface area contributed by atoms with E-state index in [0.29, 0.717) is 41.1 Å². The molecule has 2 amide bonds. The van der Waals surface area contributed by atoms with Crippen molar-refractivity contribution < 1.29 is 18.7 Å². The van der Waals surface area contributed by atoms with Gasteiger partial charge in [-0.1, -0.05) is 35.9 Å². The van der Waals surface area contributed by atoms with E-state index < -0.39 is 5.92 Å². The minimum atomic E-state index is -0.439. The van der Waals surface area contributed by atoms with E-state index in [2.05, 4.69) is 5.32 Å². The molecule has 29 heavy (non-hydrogen) atoms. The summed E-state index contributed by atoms with van der Waals surface area (Å²) >= 11 is 6.16. The summed E-state index contributed by atoms with van der Waals surface area (Å²) in [6, 6.07) is 17.8. The number of carbonyl (C=O) groups is 2. The van der Waals surface area contributed by atoms with Crippen molar-refractivity contribution in [2.24, 2.45) is 5.92 Å². The Balaban J connectivity index is 1.44. The fourth-order valence-corrected chi connectivity index (χ4v) is 3.41. The van der Waals surface area contributed by atoms with Gasteiger partial charge in [-0.15, -0.1) is 0 Å². The highest BCUT2D eigenvalue weighted by Crippen LogP contribution is 2.34. The molecular weight excluding hydrogens is 392 g/mol. The van der Waals surface area contributed by atoms with Gasteiger partial charge >= 0.3 is 0 Å². The summed E-state index contributed by atoms with van der Waals surface area (Å²) in [6.45, 7) is 0.709. The standard InChI is InChI=1S/C22H19ClN2O4/c23-17-7-1-3-9-19(17)29-20-10-4-2-8-18(20)24-22(27)15-12-21(26)25(13-15)14-16-6-5-11-28-16/h1-11,15H,12-14H2,(H,24,27). The topological polar surface area (TPSA) is 71.8 Å². The Kier molecular flexibility index (Phi) is 5.53. The number of halogens is 1. The van der Waals surface area contributed by atoms with Crippen LogP contribution in [0.3, 0.4) is 0 Å². The first kappa shape index (κ1) is 19.1. The molecule has 1 aliphatic heterocycles. The normalized spacial score (nSPS) is 16.1. The smallest absolute Gasteiger partial charge is 0.229 e. The molecule has 1 N–H and O–H groups in total. The van der Waals surface area contributed by atoms with Crippen LogP contribution in [0.25, 0.3) is 0 Å². The van der Waals surface area contributed by atoms with Crippen molar-refractivity contribution in [3.63, 3.8) is 0 Å². The molecule has 1 aliphatic rings. The van der Waals surface area contributed by atoms with Gasteiger partial charge < -0.3 is 19.4 Å². The Bertz CT molecular complexity index is 1020. The van der Waals surface area contributed by atoms with Crippen LogP contribution in [-0.4, -0.2) is 23.3 Å². The molecule has 4 rings (SSSR count). The largest absolute Gasteiger partial charge is 0.467 e. The van der Waals surface area contributed by atoms with Crippen molar-refractivity contribution in [2.45, 2.75) is 13.0 Å². The SMILES string of the molecule is O=C(Nc1ccccc1Oc1ccccc1Cl)C1CC(=O)N(Cc2ccco2)C1. The van der Waals surface area contributed by atoms with Crippen LogP contribution in [0.15, 0.2) is 71.3 Å². The van der Waals surface area contributed by atoms with E-state index in [1.165, 1.54) is 0 Å². The van der Waals surface area contributed by atoms with Gasteiger partial charge in [0.25, 0.3) is 0 Å². The van der Waals surface area contributed by atoms with E-state index >= 15 is 0 Å². The number of benzene rings is 2. The molecule has 7 heteroatoms. The lowest BCUT2D eigenvalue weighted by Crippen LogP contribution is -2.28. The highest BCUT2D eigenvalue weighted by Gasteiger charge is 2.35. The number of furan rings is 1. The van der Waals surface area contributed by atoms with Crippen molar-refractivity contribution >= 4 is 29.1 Å². The Hall–Kier alpha value is -3.25. The number of carbonyl (C=O) groups excluding carboxylic acids is 2. The summed E-state index contributed by atoms with van der Waals surface area (Å²) in [7, 11) is 0. The predicted octanol–water partition coefficient (Wildman–Crippen LogP) is 4.71. The lowest BCUT2D eigenvalue weighted by Gasteiger charge is -2.16. The summed E-state index contributed by atoms with van der Waals surface area (Å²) in [5.41, 5.74) is 0.523. The third kappa shape index (κ3) is 4.43. The van der Waals surface area contributed by atoms with E-state index in [9.17, 15) is 9.59 Å². The van der Waals surface area contributed by atoms with Gasteiger partial charge in [0.1, 0.15) is 11.5 Å². The lowest BCUT2D eigenvalue weighted by atomic mass is 10.1. The quantitative estimate of drug-likeness (QED) is 0.638. The third-order valence-corrected chi connectivity index (χ3v) is 5.03. The summed E-state index contributed by atoms with van der Waals surface area (Å²) in [5, 5.41) is 3.36. The zero-order chi connectivity index (χ0) is 20.2. The second-order valence-corrected chi connectivity index (χ2v) is 7.18. The van der Waals surface area contributed by atoms with E-state index in [-0.39, 0.29) is 18.2 Å². The average Bonchev–Trinajstić information content (AvgIpc) is 3.35. The molecule has 0 saturated carbocycles. The second-order valence-electron chi connectivity index (χ2n) is 6.77. The molecule has 1 saturated heterocycles. The molecule has 6 nitrogen and oxygen atoms in total. The lowest BCUT2D eigenvalue weighted by molar-refractivity contribution is -0.128. The maximum atomic E-state index is 12.8. The molecule has 0 spiro atoms. The number of likely N-dealkylation sites (tertiary alicyclic amines) is 1. The van der Waals surface area contributed by atoms with Gasteiger partial charge in [-0.2, -0.15) is 0 Å². The van der Waals surface area contributed by atoms with Crippen LogP contribution >= 0.6 is 11.6 Å². The molecule has 2 aromatic carbocycles. The Morgan fingerprint density at radius 1 is 1.10 bits per heavy atom. The van der Waals surface area contributed by atoms with E-state index in [1.807, 2.05) is 24.3 Å². The highest BCUT2D eigenvalue weighted by molar-refractivity contribution is 6.32. The molecule has 0 bridgehead atoms. The maximum Gasteiger partial charge on any atom is 0.229 e. The third-order valence-electron chi connectivity index (χ3n) is 4.71. The van der Waals surface area contributed by atoms with Gasteiger partial charge in [0.2, 0.25) is 11.8 Å². The molecule has 1 atom stereocenters. The highest BCUT2D eigenvalue weighted by atomic mass is 35.5. The van der Waals surface area contributed by atoms with E-state index in [4.69, 9.17) is 20.8 Å². The Morgan fingerprint density at radius 3 is 2.62 bits per heavy atom. The van der Waals surface area contributed by atoms with Gasteiger partial charge in [0.05, 0.1) is 29.4 Å². The minimum Gasteiger partial charge on any atom is -0.467 e. The second kappa shape index (κ2) is 8.41. The molecule has 1 aromatic heterocycles. The van der Waals surface area contributed by atoms with Crippen LogP contribution in [0.2, 0.25) is 5.02 Å². The number of ether oxygens (including phenoxy) is 1. The van der Waals surface area contributed by atoms with Crippen LogP contribution in [0.4, 0.5) is 5.69 Å². The zero-order valence-electron chi connectivity index (χ0n) is 15.5. The number of rotatable bonds is 6. The number of nitrogens with zero attached hydrogens (tertiary/aromatic N) is 1. The Labute approximate surface area is 173 Å². The van der Waals surface area contributed by atoms with Crippen molar-refractivity contribution in [2.75, 3.05) is 11.9 Å². The minimum absolute atomic E-state index is 0.0675. The van der Waals surface area contributed by atoms with Gasteiger partial charge in [0, 0.05) is 13.0 Å². The first-order valence-corrected chi connectivity index (χ1v) is 9.60. The first-order valence-electron chi connectivity index (χ1n) is 9.22. The fourth-order valence-electron chi connectivity index (χ4n) is 3.23. The summed E-state index contributed by atoms with van der Waals surface area (Å²) in [6.07, 6.45) is 1.73. The van der Waals surface area contributed by atoms with E-state index in [1.54, 1.807) is 47.6 Å². The molecule has 2 heterocycles. The molecule has 148 valence electrons. The van der Waals surface area contributed by atoms with Crippen LogP contribution in [-0.2, 0) is 16.1 Å². The van der Waals surface area contributed by atoms with Crippen LogP contribution in [0, 0.1) is 5.92 Å². The van der Waals surface area contributed by atoms with Crippen molar-refractivity contribution in [3.05, 3.63) is 77.7 Å². The monoisotopic (exact) mass is 410 g/mol. The first-order chi connectivity index (χ1) is 14.1. The molecule has 1 fully saturated rings. The molecule has 1 unspecified atom stereocenters. The summed E-state index contributed by atoms with van der Waals surface area (Å²) in [4.78, 5) is 26.7. The van der Waals surface area contributed by atoms with Gasteiger partial charge in [-0.3, -0.25) is 9.59 Å². The van der Waals surface area contributed by atoms with Crippen molar-refractivity contribution in [1.82, 2.24) is 4.90 Å². The number of hydrogen-bond donors (Lipinski definition) is 1. The van der Waals surface area contributed by atoms with Gasteiger partial charge in [-0.25, -0.2) is 0 Å². The van der Waals surface area contributed by atoms with Crippen LogP contribution < -0.4 is 10.1 Å². The van der Waals surface area contributed by atoms with Crippen molar-refractivity contribution in [1.29, 1.82) is 0 Å². The van der Waals surface area contributed by atoms with Gasteiger partial charge in [0.15, 0.2) is 5.75 Å². The van der Waals surface area contributed by atoms with Crippen molar-refractivity contribution in [3.8, 4) is 11.5 Å². The van der Waals surface area contributed by atoms with Crippen LogP contribution in [0.1, 0.15) is 12.2 Å². The number of anilines is 1. The fraction of sp³-hybridized carbons (Fsp3) is 0.182. The molecular formula is C22H19ClN2O4. The summed E-state index contributed by atoms with van der Waals surface area (Å²) < 4.78 is 11.2. The Morgan fingerprint density at radius 2 is 1.86 bits per heavy atom. The molecule has 0 radical (unpaired) electrons. The van der Waals surface area contributed by atoms with Gasteiger partial charge in [-0.05, 0) is 36.4 Å². The van der Waals surface area contributed by atoms with Crippen LogP contribution in [0.5, 0.6) is 11.5 Å². The number of amides is 2.